The number of hydrogen-bond acceptors (Lipinski definition) is 3. The van der Waals surface area contributed by atoms with E-state index in [2.05, 4.69) is 4.98 Å². The second kappa shape index (κ2) is 4.11. The van der Waals surface area contributed by atoms with Gasteiger partial charge >= 0.3 is 0 Å². The Morgan fingerprint density at radius 1 is 1.69 bits per heavy atom. The Kier molecular flexibility index (Phi) is 3.10. The topological polar surface area (TPSA) is 45.9 Å². The molecule has 0 saturated heterocycles. The smallest absolute Gasteiger partial charge is 0.143 e. The highest BCUT2D eigenvalue weighted by molar-refractivity contribution is 6.32. The average molecular weight is 197 g/mol. The van der Waals surface area contributed by atoms with Crippen LogP contribution in [0.4, 0.5) is 0 Å². The van der Waals surface area contributed by atoms with Gasteiger partial charge in [0.2, 0.25) is 0 Å². The van der Waals surface area contributed by atoms with E-state index in [1.54, 1.807) is 7.11 Å². The third-order valence-electron chi connectivity index (χ3n) is 1.77. The Labute approximate surface area is 81.9 Å². The lowest BCUT2D eigenvalue weighted by Gasteiger charge is -2.08. The molecule has 0 atom stereocenters. The van der Waals surface area contributed by atoms with Crippen molar-refractivity contribution in [1.29, 1.82) is 5.26 Å². The molecule has 1 aromatic rings. The van der Waals surface area contributed by atoms with Crippen LogP contribution in [-0.4, -0.2) is 12.1 Å². The van der Waals surface area contributed by atoms with Gasteiger partial charge in [-0.05, 0) is 6.92 Å². The van der Waals surface area contributed by atoms with Gasteiger partial charge in [0, 0.05) is 11.8 Å². The molecule has 13 heavy (non-hydrogen) atoms. The first-order valence-corrected chi connectivity index (χ1v) is 4.13. The van der Waals surface area contributed by atoms with Crippen molar-refractivity contribution in [2.75, 3.05) is 7.11 Å². The standard InChI is InChI=1S/C9H9ClN2O/c1-6-8(3-4-11)12-5-7(10)9(6)13-2/h5H,3H2,1-2H3. The minimum atomic E-state index is 0.277. The molecular formula is C9H9ClN2O. The second-order valence-electron chi connectivity index (χ2n) is 2.55. The van der Waals surface area contributed by atoms with Crippen LogP contribution in [0.1, 0.15) is 11.3 Å². The molecule has 0 saturated carbocycles. The summed E-state index contributed by atoms with van der Waals surface area (Å²) in [7, 11) is 1.55. The summed E-state index contributed by atoms with van der Waals surface area (Å²) in [6.45, 7) is 1.84. The summed E-state index contributed by atoms with van der Waals surface area (Å²) < 4.78 is 5.08. The van der Waals surface area contributed by atoms with E-state index in [9.17, 15) is 0 Å². The molecule has 0 spiro atoms. The quantitative estimate of drug-likeness (QED) is 0.728. The number of hydrogen-bond donors (Lipinski definition) is 0. The molecule has 0 radical (unpaired) electrons. The van der Waals surface area contributed by atoms with E-state index in [0.29, 0.717) is 16.5 Å². The number of nitriles is 1. The van der Waals surface area contributed by atoms with Crippen molar-refractivity contribution in [3.05, 3.63) is 22.5 Å². The second-order valence-corrected chi connectivity index (χ2v) is 2.95. The highest BCUT2D eigenvalue weighted by atomic mass is 35.5. The van der Waals surface area contributed by atoms with Crippen molar-refractivity contribution in [3.8, 4) is 11.8 Å². The lowest BCUT2D eigenvalue weighted by Crippen LogP contribution is -1.97. The van der Waals surface area contributed by atoms with Gasteiger partial charge in [-0.15, -0.1) is 0 Å². The Morgan fingerprint density at radius 3 is 2.92 bits per heavy atom. The number of rotatable bonds is 2. The Balaban J connectivity index is 3.21. The fraction of sp³-hybridized carbons (Fsp3) is 0.333. The van der Waals surface area contributed by atoms with Crippen molar-refractivity contribution in [2.45, 2.75) is 13.3 Å². The van der Waals surface area contributed by atoms with E-state index in [1.807, 2.05) is 13.0 Å². The number of nitrogens with zero attached hydrogens (tertiary/aromatic N) is 2. The van der Waals surface area contributed by atoms with Crippen molar-refractivity contribution in [1.82, 2.24) is 4.98 Å². The molecule has 3 nitrogen and oxygen atoms in total. The van der Waals surface area contributed by atoms with Gasteiger partial charge in [-0.2, -0.15) is 5.26 Å². The Morgan fingerprint density at radius 2 is 2.38 bits per heavy atom. The number of ether oxygens (including phenoxy) is 1. The zero-order chi connectivity index (χ0) is 9.84. The maximum absolute atomic E-state index is 8.51. The molecule has 4 heteroatoms. The van der Waals surface area contributed by atoms with Gasteiger partial charge in [0.15, 0.2) is 0 Å². The molecule has 1 heterocycles. The predicted octanol–water partition coefficient (Wildman–Crippen LogP) is 2.12. The van der Waals surface area contributed by atoms with E-state index in [4.69, 9.17) is 21.6 Å². The fourth-order valence-electron chi connectivity index (χ4n) is 1.10. The van der Waals surface area contributed by atoms with Crippen LogP contribution >= 0.6 is 11.6 Å². The zero-order valence-electron chi connectivity index (χ0n) is 7.47. The van der Waals surface area contributed by atoms with Crippen LogP contribution in [0.15, 0.2) is 6.20 Å². The van der Waals surface area contributed by atoms with Crippen LogP contribution in [0.25, 0.3) is 0 Å². The van der Waals surface area contributed by atoms with Gasteiger partial charge in [0.05, 0.1) is 25.3 Å². The number of pyridine rings is 1. The van der Waals surface area contributed by atoms with Gasteiger partial charge in [0.25, 0.3) is 0 Å². The highest BCUT2D eigenvalue weighted by Crippen LogP contribution is 2.28. The van der Waals surface area contributed by atoms with Gasteiger partial charge in [0.1, 0.15) is 10.8 Å². The highest BCUT2D eigenvalue weighted by Gasteiger charge is 2.09. The maximum Gasteiger partial charge on any atom is 0.143 e. The molecule has 0 aliphatic heterocycles. The summed E-state index contributed by atoms with van der Waals surface area (Å²) in [5, 5.41) is 8.99. The summed E-state index contributed by atoms with van der Waals surface area (Å²) >= 11 is 5.83. The first-order valence-electron chi connectivity index (χ1n) is 3.75. The lowest BCUT2D eigenvalue weighted by molar-refractivity contribution is 0.410. The van der Waals surface area contributed by atoms with Crippen LogP contribution in [0, 0.1) is 18.3 Å². The van der Waals surface area contributed by atoms with Crippen molar-refractivity contribution >= 4 is 11.6 Å². The number of halogens is 1. The molecule has 0 aliphatic rings. The third kappa shape index (κ3) is 1.90. The van der Waals surface area contributed by atoms with E-state index >= 15 is 0 Å². The average Bonchev–Trinajstić information content (AvgIpc) is 2.11. The van der Waals surface area contributed by atoms with Crippen LogP contribution < -0.4 is 4.74 Å². The molecule has 0 N–H and O–H groups in total. The summed E-state index contributed by atoms with van der Waals surface area (Å²) in [5.41, 5.74) is 1.54. The van der Waals surface area contributed by atoms with Gasteiger partial charge in [-0.3, -0.25) is 4.98 Å². The number of methoxy groups -OCH3 is 1. The monoisotopic (exact) mass is 196 g/mol. The first kappa shape index (κ1) is 9.82. The predicted molar refractivity (Wildman–Crippen MR) is 49.9 cm³/mol. The maximum atomic E-state index is 8.51. The molecule has 1 aromatic heterocycles. The summed E-state index contributed by atoms with van der Waals surface area (Å²) in [4.78, 5) is 4.04. The molecule has 0 aromatic carbocycles. The molecule has 1 rings (SSSR count). The molecule has 68 valence electrons. The summed E-state index contributed by atoms with van der Waals surface area (Å²) in [6.07, 6.45) is 1.78. The van der Waals surface area contributed by atoms with Crippen LogP contribution in [0.5, 0.6) is 5.75 Å². The minimum absolute atomic E-state index is 0.277. The van der Waals surface area contributed by atoms with Crippen molar-refractivity contribution in [3.63, 3.8) is 0 Å². The normalized spacial score (nSPS) is 9.38. The van der Waals surface area contributed by atoms with E-state index < -0.39 is 0 Å². The van der Waals surface area contributed by atoms with E-state index in [0.717, 1.165) is 5.56 Å². The van der Waals surface area contributed by atoms with Crippen LogP contribution in [-0.2, 0) is 6.42 Å². The van der Waals surface area contributed by atoms with Gasteiger partial charge < -0.3 is 4.74 Å². The van der Waals surface area contributed by atoms with E-state index in [-0.39, 0.29) is 6.42 Å². The van der Waals surface area contributed by atoms with Gasteiger partial charge in [-0.25, -0.2) is 0 Å². The zero-order valence-corrected chi connectivity index (χ0v) is 8.22. The van der Waals surface area contributed by atoms with Crippen molar-refractivity contribution in [2.24, 2.45) is 0 Å². The van der Waals surface area contributed by atoms with Gasteiger partial charge in [-0.1, -0.05) is 11.6 Å². The fourth-order valence-corrected chi connectivity index (χ4v) is 1.37. The SMILES string of the molecule is COc1c(Cl)cnc(CC#N)c1C. The molecule has 0 aliphatic carbocycles. The van der Waals surface area contributed by atoms with Crippen LogP contribution in [0.2, 0.25) is 5.02 Å². The van der Waals surface area contributed by atoms with Crippen molar-refractivity contribution < 1.29 is 4.74 Å². The lowest BCUT2D eigenvalue weighted by atomic mass is 10.1. The van der Waals surface area contributed by atoms with E-state index in [1.165, 1.54) is 6.20 Å². The Hall–Kier alpha value is -1.27. The summed E-state index contributed by atoms with van der Waals surface area (Å²) in [5.74, 6) is 0.599. The molecule has 0 bridgehead atoms. The number of aromatic nitrogens is 1. The molecule has 0 fully saturated rings. The summed E-state index contributed by atoms with van der Waals surface area (Å²) in [6, 6.07) is 2.03. The first-order chi connectivity index (χ1) is 6.20. The molecular weight excluding hydrogens is 188 g/mol. The molecule has 0 amide bonds. The van der Waals surface area contributed by atoms with Crippen LogP contribution in [0.3, 0.4) is 0 Å². The third-order valence-corrected chi connectivity index (χ3v) is 2.04. The Bertz CT molecular complexity index is 357. The molecule has 0 unspecified atom stereocenters. The minimum Gasteiger partial charge on any atom is -0.495 e. The largest absolute Gasteiger partial charge is 0.495 e.